The first-order chi connectivity index (χ1) is 13.3. The number of hydrogen-bond acceptors (Lipinski definition) is 3. The standard InChI is InChI=1S/C21H17ClFN3O2/c1-12-4-3-5-18(13(12)2)26-21(28)19-10-14(8-9-24-19)20(27)25-15-6-7-17(23)16(22)11-15/h3-11H,1-2H3,(H,25,27)(H,26,28). The van der Waals surface area contributed by atoms with E-state index in [1.54, 1.807) is 6.07 Å². The minimum Gasteiger partial charge on any atom is -0.322 e. The van der Waals surface area contributed by atoms with Gasteiger partial charge in [-0.25, -0.2) is 4.39 Å². The number of amides is 2. The summed E-state index contributed by atoms with van der Waals surface area (Å²) >= 11 is 5.72. The van der Waals surface area contributed by atoms with Crippen molar-refractivity contribution in [3.8, 4) is 0 Å². The van der Waals surface area contributed by atoms with Gasteiger partial charge >= 0.3 is 0 Å². The molecule has 2 aromatic carbocycles. The summed E-state index contributed by atoms with van der Waals surface area (Å²) in [5, 5.41) is 5.32. The van der Waals surface area contributed by atoms with E-state index >= 15 is 0 Å². The molecule has 0 radical (unpaired) electrons. The monoisotopic (exact) mass is 397 g/mol. The first-order valence-corrected chi connectivity index (χ1v) is 8.83. The van der Waals surface area contributed by atoms with E-state index < -0.39 is 17.6 Å². The average molecular weight is 398 g/mol. The van der Waals surface area contributed by atoms with Gasteiger partial charge in [-0.3, -0.25) is 14.6 Å². The molecule has 2 amide bonds. The summed E-state index contributed by atoms with van der Waals surface area (Å²) in [6, 6.07) is 12.3. The molecule has 2 N–H and O–H groups in total. The fourth-order valence-corrected chi connectivity index (χ4v) is 2.73. The molecule has 0 aliphatic rings. The molecular formula is C21H17ClFN3O2. The number of rotatable bonds is 4. The number of anilines is 2. The predicted octanol–water partition coefficient (Wildman–Crippen LogP) is 5.00. The summed E-state index contributed by atoms with van der Waals surface area (Å²) in [6.45, 7) is 3.87. The van der Waals surface area contributed by atoms with Gasteiger partial charge in [0.2, 0.25) is 0 Å². The zero-order valence-electron chi connectivity index (χ0n) is 15.2. The number of nitrogens with one attached hydrogen (secondary N) is 2. The lowest BCUT2D eigenvalue weighted by Gasteiger charge is -2.11. The summed E-state index contributed by atoms with van der Waals surface area (Å²) in [5.74, 6) is -1.46. The van der Waals surface area contributed by atoms with Crippen LogP contribution in [0, 0.1) is 19.7 Å². The maximum atomic E-state index is 13.2. The minimum absolute atomic E-state index is 0.0962. The molecule has 0 saturated carbocycles. The highest BCUT2D eigenvalue weighted by atomic mass is 35.5. The van der Waals surface area contributed by atoms with E-state index in [2.05, 4.69) is 15.6 Å². The van der Waals surface area contributed by atoms with Crippen molar-refractivity contribution in [2.45, 2.75) is 13.8 Å². The molecule has 0 bridgehead atoms. The van der Waals surface area contributed by atoms with E-state index in [9.17, 15) is 14.0 Å². The second kappa shape index (κ2) is 8.19. The SMILES string of the molecule is Cc1cccc(NC(=O)c2cc(C(=O)Nc3ccc(F)c(Cl)c3)ccn2)c1C. The Kier molecular flexibility index (Phi) is 5.70. The van der Waals surface area contributed by atoms with Gasteiger partial charge < -0.3 is 10.6 Å². The van der Waals surface area contributed by atoms with Gasteiger partial charge in [-0.05, 0) is 61.4 Å². The second-order valence-electron chi connectivity index (χ2n) is 6.21. The molecule has 0 aliphatic carbocycles. The molecule has 0 spiro atoms. The minimum atomic E-state index is -0.575. The third kappa shape index (κ3) is 4.35. The number of aromatic nitrogens is 1. The smallest absolute Gasteiger partial charge is 0.274 e. The Bertz CT molecular complexity index is 1070. The van der Waals surface area contributed by atoms with Crippen molar-refractivity contribution >= 4 is 34.8 Å². The second-order valence-corrected chi connectivity index (χ2v) is 6.62. The summed E-state index contributed by atoms with van der Waals surface area (Å²) in [5.41, 5.74) is 3.37. The maximum absolute atomic E-state index is 13.2. The number of pyridine rings is 1. The van der Waals surface area contributed by atoms with Gasteiger partial charge in [0.1, 0.15) is 11.5 Å². The van der Waals surface area contributed by atoms with Gasteiger partial charge in [0.25, 0.3) is 11.8 Å². The quantitative estimate of drug-likeness (QED) is 0.651. The van der Waals surface area contributed by atoms with Crippen molar-refractivity contribution in [1.82, 2.24) is 4.98 Å². The summed E-state index contributed by atoms with van der Waals surface area (Å²) in [7, 11) is 0. The van der Waals surface area contributed by atoms with Crippen LogP contribution in [-0.2, 0) is 0 Å². The normalized spacial score (nSPS) is 10.4. The van der Waals surface area contributed by atoms with E-state index in [-0.39, 0.29) is 16.3 Å². The van der Waals surface area contributed by atoms with E-state index in [0.29, 0.717) is 11.4 Å². The summed E-state index contributed by atoms with van der Waals surface area (Å²) in [4.78, 5) is 29.0. The molecule has 0 fully saturated rings. The molecule has 1 heterocycles. The zero-order chi connectivity index (χ0) is 20.3. The van der Waals surface area contributed by atoms with Crippen LogP contribution in [0.15, 0.2) is 54.7 Å². The number of benzene rings is 2. The highest BCUT2D eigenvalue weighted by Crippen LogP contribution is 2.21. The fourth-order valence-electron chi connectivity index (χ4n) is 2.55. The molecule has 0 saturated heterocycles. The Morgan fingerprint density at radius 2 is 1.79 bits per heavy atom. The maximum Gasteiger partial charge on any atom is 0.274 e. The molecule has 0 aliphatic heterocycles. The predicted molar refractivity (Wildman–Crippen MR) is 107 cm³/mol. The van der Waals surface area contributed by atoms with Crippen LogP contribution in [-0.4, -0.2) is 16.8 Å². The molecule has 0 atom stereocenters. The lowest BCUT2D eigenvalue weighted by molar-refractivity contribution is 0.102. The molecule has 5 nitrogen and oxygen atoms in total. The van der Waals surface area contributed by atoms with Crippen LogP contribution < -0.4 is 10.6 Å². The van der Waals surface area contributed by atoms with E-state index in [0.717, 1.165) is 17.2 Å². The van der Waals surface area contributed by atoms with Crippen LogP contribution >= 0.6 is 11.6 Å². The largest absolute Gasteiger partial charge is 0.322 e. The van der Waals surface area contributed by atoms with Gasteiger partial charge in [-0.15, -0.1) is 0 Å². The molecule has 3 rings (SSSR count). The van der Waals surface area contributed by atoms with Crippen molar-refractivity contribution in [2.75, 3.05) is 10.6 Å². The highest BCUT2D eigenvalue weighted by Gasteiger charge is 2.14. The highest BCUT2D eigenvalue weighted by molar-refractivity contribution is 6.31. The van der Waals surface area contributed by atoms with Gasteiger partial charge in [-0.1, -0.05) is 23.7 Å². The fraction of sp³-hybridized carbons (Fsp3) is 0.0952. The van der Waals surface area contributed by atoms with Gasteiger partial charge in [-0.2, -0.15) is 0 Å². The summed E-state index contributed by atoms with van der Waals surface area (Å²) < 4.78 is 13.2. The van der Waals surface area contributed by atoms with Gasteiger partial charge in [0.15, 0.2) is 0 Å². The summed E-state index contributed by atoms with van der Waals surface area (Å²) in [6.07, 6.45) is 1.38. The van der Waals surface area contributed by atoms with Crippen molar-refractivity contribution < 1.29 is 14.0 Å². The lowest BCUT2D eigenvalue weighted by Crippen LogP contribution is -2.17. The Morgan fingerprint density at radius 1 is 1.00 bits per heavy atom. The third-order valence-electron chi connectivity index (χ3n) is 4.29. The first-order valence-electron chi connectivity index (χ1n) is 8.45. The van der Waals surface area contributed by atoms with Gasteiger partial charge in [0, 0.05) is 23.1 Å². The molecule has 3 aromatic rings. The number of aryl methyl sites for hydroxylation is 1. The van der Waals surface area contributed by atoms with Gasteiger partial charge in [0.05, 0.1) is 5.02 Å². The average Bonchev–Trinajstić information content (AvgIpc) is 2.68. The molecule has 28 heavy (non-hydrogen) atoms. The van der Waals surface area contributed by atoms with Crippen molar-refractivity contribution in [3.63, 3.8) is 0 Å². The lowest BCUT2D eigenvalue weighted by atomic mass is 10.1. The van der Waals surface area contributed by atoms with Crippen LogP contribution in [0.5, 0.6) is 0 Å². The number of nitrogens with zero attached hydrogens (tertiary/aromatic N) is 1. The molecule has 0 unspecified atom stereocenters. The molecule has 1 aromatic heterocycles. The van der Waals surface area contributed by atoms with Crippen LogP contribution in [0.2, 0.25) is 5.02 Å². The number of carbonyl (C=O) groups is 2. The molecule has 142 valence electrons. The number of carbonyl (C=O) groups excluding carboxylic acids is 2. The molecular weight excluding hydrogens is 381 g/mol. The van der Waals surface area contributed by atoms with Crippen molar-refractivity contribution in [2.24, 2.45) is 0 Å². The van der Waals surface area contributed by atoms with E-state index in [1.807, 2.05) is 26.0 Å². The Balaban J connectivity index is 1.77. The Labute approximate surface area is 166 Å². The molecule has 7 heteroatoms. The zero-order valence-corrected chi connectivity index (χ0v) is 16.0. The van der Waals surface area contributed by atoms with Crippen LogP contribution in [0.1, 0.15) is 32.0 Å². The first kappa shape index (κ1) is 19.5. The van der Waals surface area contributed by atoms with E-state index in [4.69, 9.17) is 11.6 Å². The number of hydrogen-bond donors (Lipinski definition) is 2. The van der Waals surface area contributed by atoms with Crippen molar-refractivity contribution in [1.29, 1.82) is 0 Å². The van der Waals surface area contributed by atoms with Crippen LogP contribution in [0.4, 0.5) is 15.8 Å². The third-order valence-corrected chi connectivity index (χ3v) is 4.57. The number of halogens is 2. The van der Waals surface area contributed by atoms with Crippen LogP contribution in [0.25, 0.3) is 0 Å². The van der Waals surface area contributed by atoms with Crippen LogP contribution in [0.3, 0.4) is 0 Å². The van der Waals surface area contributed by atoms with E-state index in [1.165, 1.54) is 30.5 Å². The topological polar surface area (TPSA) is 71.1 Å². The Morgan fingerprint density at radius 3 is 2.54 bits per heavy atom. The Hall–Kier alpha value is -3.25. The van der Waals surface area contributed by atoms with Crippen molar-refractivity contribution in [3.05, 3.63) is 88.0 Å².